The van der Waals surface area contributed by atoms with Gasteiger partial charge in [-0.3, -0.25) is 0 Å². The Kier molecular flexibility index (Phi) is 2.58. The highest BCUT2D eigenvalue weighted by Gasteiger charge is 2.34. The van der Waals surface area contributed by atoms with E-state index >= 15 is 0 Å². The minimum Gasteiger partial charge on any atom is -0.337 e. The van der Waals surface area contributed by atoms with E-state index in [4.69, 9.17) is 0 Å². The number of hydrogen-bond donors (Lipinski definition) is 0. The Morgan fingerprint density at radius 2 is 1.50 bits per heavy atom. The summed E-state index contributed by atoms with van der Waals surface area (Å²) in [5.41, 5.74) is -0.128. The largest absolute Gasteiger partial charge is 0.337 e. The average Bonchev–Trinajstić information content (AvgIpc) is 2.86. The lowest BCUT2D eigenvalue weighted by molar-refractivity contribution is 0.452. The topological polar surface area (TPSA) is 35.6 Å². The SMILES string of the molecule is CCC(C)(c1nccn1C)c1nccn1C. The molecule has 0 aliphatic heterocycles. The lowest BCUT2D eigenvalue weighted by Crippen LogP contribution is -2.30. The summed E-state index contributed by atoms with van der Waals surface area (Å²) in [5.74, 6) is 2.12. The molecule has 0 N–H and O–H groups in total. The van der Waals surface area contributed by atoms with E-state index in [1.54, 1.807) is 0 Å². The number of aryl methyl sites for hydroxylation is 2. The van der Waals surface area contributed by atoms with Gasteiger partial charge in [-0.25, -0.2) is 9.97 Å². The molecule has 4 nitrogen and oxygen atoms in total. The molecule has 0 saturated carbocycles. The molecule has 0 amide bonds. The van der Waals surface area contributed by atoms with E-state index in [9.17, 15) is 0 Å². The van der Waals surface area contributed by atoms with Gasteiger partial charge in [0.25, 0.3) is 0 Å². The predicted octanol–water partition coefficient (Wildman–Crippen LogP) is 1.87. The van der Waals surface area contributed by atoms with Gasteiger partial charge in [-0.2, -0.15) is 0 Å². The Hall–Kier alpha value is -1.58. The Bertz CT molecular complexity index is 440. The number of imidazole rings is 2. The molecule has 0 atom stereocenters. The van der Waals surface area contributed by atoms with Crippen LogP contribution in [0.4, 0.5) is 0 Å². The molecule has 0 saturated heterocycles. The number of nitrogens with zero attached hydrogens (tertiary/aromatic N) is 4. The van der Waals surface area contributed by atoms with Crippen LogP contribution in [0.25, 0.3) is 0 Å². The van der Waals surface area contributed by atoms with Crippen LogP contribution in [0.1, 0.15) is 31.9 Å². The van der Waals surface area contributed by atoms with Crippen LogP contribution < -0.4 is 0 Å². The van der Waals surface area contributed by atoms with E-state index < -0.39 is 0 Å². The van der Waals surface area contributed by atoms with Gasteiger partial charge in [0.1, 0.15) is 11.6 Å². The second-order valence-electron chi connectivity index (χ2n) is 4.41. The van der Waals surface area contributed by atoms with Gasteiger partial charge >= 0.3 is 0 Å². The van der Waals surface area contributed by atoms with Crippen LogP contribution >= 0.6 is 0 Å². The molecule has 2 heterocycles. The number of aromatic nitrogens is 4. The summed E-state index contributed by atoms with van der Waals surface area (Å²) < 4.78 is 4.14. The Balaban J connectivity index is 2.57. The van der Waals surface area contributed by atoms with Crippen molar-refractivity contribution in [2.75, 3.05) is 0 Å². The molecule has 0 spiro atoms. The molecule has 0 fully saturated rings. The quantitative estimate of drug-likeness (QED) is 0.788. The van der Waals surface area contributed by atoms with E-state index in [0.717, 1.165) is 18.1 Å². The Morgan fingerprint density at radius 3 is 1.75 bits per heavy atom. The van der Waals surface area contributed by atoms with Crippen molar-refractivity contribution in [1.82, 2.24) is 19.1 Å². The molecule has 2 aromatic heterocycles. The van der Waals surface area contributed by atoms with Crippen molar-refractivity contribution >= 4 is 0 Å². The van der Waals surface area contributed by atoms with Crippen LogP contribution in [-0.4, -0.2) is 19.1 Å². The summed E-state index contributed by atoms with van der Waals surface area (Å²) >= 11 is 0. The lowest BCUT2D eigenvalue weighted by Gasteiger charge is -2.27. The third-order valence-electron chi connectivity index (χ3n) is 3.34. The van der Waals surface area contributed by atoms with Gasteiger partial charge < -0.3 is 9.13 Å². The fraction of sp³-hybridized carbons (Fsp3) is 0.500. The smallest absolute Gasteiger partial charge is 0.121 e. The summed E-state index contributed by atoms with van der Waals surface area (Å²) in [5, 5.41) is 0. The zero-order chi connectivity index (χ0) is 11.8. The van der Waals surface area contributed by atoms with Gasteiger partial charge in [0.2, 0.25) is 0 Å². The molecule has 0 radical (unpaired) electrons. The van der Waals surface area contributed by atoms with E-state index in [1.807, 2.05) is 38.9 Å². The van der Waals surface area contributed by atoms with E-state index in [2.05, 4.69) is 32.9 Å². The standard InChI is InChI=1S/C12H18N4/c1-5-12(2,10-13-6-8-15(10)3)11-14-7-9-16(11)4/h6-9H,5H2,1-4H3. The van der Waals surface area contributed by atoms with Crippen LogP contribution in [0.2, 0.25) is 0 Å². The second kappa shape index (κ2) is 3.77. The van der Waals surface area contributed by atoms with Crippen molar-refractivity contribution < 1.29 is 0 Å². The molecular formula is C12H18N4. The summed E-state index contributed by atoms with van der Waals surface area (Å²) in [6.07, 6.45) is 8.61. The zero-order valence-corrected chi connectivity index (χ0v) is 10.3. The van der Waals surface area contributed by atoms with Crippen LogP contribution in [0.15, 0.2) is 24.8 Å². The van der Waals surface area contributed by atoms with Crippen molar-refractivity contribution in [1.29, 1.82) is 0 Å². The maximum atomic E-state index is 4.47. The molecule has 0 unspecified atom stereocenters. The van der Waals surface area contributed by atoms with Crippen LogP contribution in [-0.2, 0) is 19.5 Å². The average molecular weight is 218 g/mol. The maximum absolute atomic E-state index is 4.47. The van der Waals surface area contributed by atoms with Crippen molar-refractivity contribution in [3.8, 4) is 0 Å². The predicted molar refractivity (Wildman–Crippen MR) is 63.2 cm³/mol. The van der Waals surface area contributed by atoms with Crippen LogP contribution in [0.5, 0.6) is 0 Å². The van der Waals surface area contributed by atoms with Gasteiger partial charge in [-0.1, -0.05) is 6.92 Å². The van der Waals surface area contributed by atoms with E-state index in [-0.39, 0.29) is 5.41 Å². The van der Waals surface area contributed by atoms with Gasteiger partial charge in [0.05, 0.1) is 5.41 Å². The molecular weight excluding hydrogens is 200 g/mol. The van der Waals surface area contributed by atoms with Crippen molar-refractivity contribution in [3.05, 3.63) is 36.4 Å². The molecule has 16 heavy (non-hydrogen) atoms. The Labute approximate surface area is 96.0 Å². The van der Waals surface area contributed by atoms with Crippen molar-refractivity contribution in [3.63, 3.8) is 0 Å². The minimum absolute atomic E-state index is 0.128. The maximum Gasteiger partial charge on any atom is 0.121 e. The van der Waals surface area contributed by atoms with Crippen LogP contribution in [0.3, 0.4) is 0 Å². The molecule has 4 heteroatoms. The zero-order valence-electron chi connectivity index (χ0n) is 10.3. The molecule has 0 aliphatic rings. The highest BCUT2D eigenvalue weighted by Crippen LogP contribution is 2.32. The lowest BCUT2D eigenvalue weighted by atomic mass is 9.85. The first kappa shape index (κ1) is 10.9. The normalized spacial score (nSPS) is 12.0. The van der Waals surface area contributed by atoms with E-state index in [0.29, 0.717) is 0 Å². The highest BCUT2D eigenvalue weighted by molar-refractivity contribution is 5.22. The molecule has 0 bridgehead atoms. The minimum atomic E-state index is -0.128. The number of hydrogen-bond acceptors (Lipinski definition) is 2. The highest BCUT2D eigenvalue weighted by atomic mass is 15.1. The molecule has 86 valence electrons. The van der Waals surface area contributed by atoms with Crippen molar-refractivity contribution in [2.24, 2.45) is 14.1 Å². The molecule has 2 aromatic rings. The Morgan fingerprint density at radius 1 is 1.06 bits per heavy atom. The van der Waals surface area contributed by atoms with Gasteiger partial charge in [-0.05, 0) is 13.3 Å². The first-order valence-electron chi connectivity index (χ1n) is 5.55. The van der Waals surface area contributed by atoms with Gasteiger partial charge in [-0.15, -0.1) is 0 Å². The van der Waals surface area contributed by atoms with Gasteiger partial charge in [0.15, 0.2) is 0 Å². The van der Waals surface area contributed by atoms with E-state index in [1.165, 1.54) is 0 Å². The summed E-state index contributed by atoms with van der Waals surface area (Å²) in [7, 11) is 4.05. The number of rotatable bonds is 3. The first-order chi connectivity index (χ1) is 7.59. The fourth-order valence-corrected chi connectivity index (χ4v) is 2.21. The third-order valence-corrected chi connectivity index (χ3v) is 3.34. The monoisotopic (exact) mass is 218 g/mol. The summed E-state index contributed by atoms with van der Waals surface area (Å²) in [6, 6.07) is 0. The summed E-state index contributed by atoms with van der Waals surface area (Å²) in [6.45, 7) is 4.36. The fourth-order valence-electron chi connectivity index (χ4n) is 2.21. The van der Waals surface area contributed by atoms with Crippen LogP contribution in [0, 0.1) is 0 Å². The molecule has 2 rings (SSSR count). The second-order valence-corrected chi connectivity index (χ2v) is 4.41. The molecule has 0 aromatic carbocycles. The third kappa shape index (κ3) is 1.45. The van der Waals surface area contributed by atoms with Crippen molar-refractivity contribution in [2.45, 2.75) is 25.7 Å². The first-order valence-corrected chi connectivity index (χ1v) is 5.55. The summed E-state index contributed by atoms with van der Waals surface area (Å²) in [4.78, 5) is 8.93. The molecule has 0 aliphatic carbocycles. The van der Waals surface area contributed by atoms with Gasteiger partial charge in [0, 0.05) is 38.9 Å².